The summed E-state index contributed by atoms with van der Waals surface area (Å²) in [5.41, 5.74) is 8.27. The molecule has 1 saturated heterocycles. The van der Waals surface area contributed by atoms with Gasteiger partial charge in [-0.15, -0.1) is 0 Å². The van der Waals surface area contributed by atoms with E-state index in [0.717, 1.165) is 35.7 Å². The number of anilines is 1. The van der Waals surface area contributed by atoms with Crippen molar-refractivity contribution in [3.63, 3.8) is 0 Å². The molecule has 0 spiro atoms. The summed E-state index contributed by atoms with van der Waals surface area (Å²) in [7, 11) is 1.56. The summed E-state index contributed by atoms with van der Waals surface area (Å²) in [6.45, 7) is 2.46. The van der Waals surface area contributed by atoms with Crippen molar-refractivity contribution in [2.75, 3.05) is 50.7 Å². The van der Waals surface area contributed by atoms with E-state index in [2.05, 4.69) is 15.0 Å². The van der Waals surface area contributed by atoms with E-state index < -0.39 is 0 Å². The lowest BCUT2D eigenvalue weighted by Gasteiger charge is -2.26. The molecule has 3 N–H and O–H groups in total. The molecule has 11 nitrogen and oxygen atoms in total. The van der Waals surface area contributed by atoms with E-state index in [-0.39, 0.29) is 55.2 Å². The van der Waals surface area contributed by atoms with Gasteiger partial charge in [0.2, 0.25) is 5.91 Å². The van der Waals surface area contributed by atoms with Crippen molar-refractivity contribution in [2.45, 2.75) is 32.2 Å². The van der Waals surface area contributed by atoms with E-state index in [4.69, 9.17) is 15.2 Å². The van der Waals surface area contributed by atoms with Crippen LogP contribution in [0.25, 0.3) is 11.2 Å². The lowest BCUT2D eigenvalue weighted by molar-refractivity contribution is -0.132. The summed E-state index contributed by atoms with van der Waals surface area (Å²) in [6.07, 6.45) is 1.57. The van der Waals surface area contributed by atoms with Gasteiger partial charge in [-0.2, -0.15) is 21.7 Å². The van der Waals surface area contributed by atoms with Gasteiger partial charge in [0, 0.05) is 51.0 Å². The fraction of sp³-hybridized carbons (Fsp3) is 0.480. The molecule has 4 rings (SSSR count). The molecule has 0 bridgehead atoms. The highest BCUT2D eigenvalue weighted by molar-refractivity contribution is 7.99. The van der Waals surface area contributed by atoms with Crippen molar-refractivity contribution in [3.8, 4) is 6.01 Å². The Balaban J connectivity index is 1.32. The third-order valence-corrected chi connectivity index (χ3v) is 7.13. The molecule has 198 valence electrons. The van der Waals surface area contributed by atoms with Crippen LogP contribution in [0.15, 0.2) is 29.1 Å². The molecule has 0 atom stereocenters. The summed E-state index contributed by atoms with van der Waals surface area (Å²) in [5.74, 6) is 2.24. The van der Waals surface area contributed by atoms with Crippen LogP contribution in [-0.4, -0.2) is 81.0 Å². The Morgan fingerprint density at radius 2 is 1.78 bits per heavy atom. The van der Waals surface area contributed by atoms with Gasteiger partial charge < -0.3 is 25.1 Å². The van der Waals surface area contributed by atoms with Crippen LogP contribution in [-0.2, 0) is 27.3 Å². The van der Waals surface area contributed by atoms with Crippen LogP contribution in [0.5, 0.6) is 6.01 Å². The first-order chi connectivity index (χ1) is 17.9. The zero-order valence-electron chi connectivity index (χ0n) is 20.9. The monoisotopic (exact) mass is 528 g/mol. The Bertz CT molecular complexity index is 1280. The first kappa shape index (κ1) is 26.7. The molecule has 12 heteroatoms. The molecule has 1 aliphatic heterocycles. The average Bonchev–Trinajstić information content (AvgIpc) is 3.23. The Morgan fingerprint density at radius 1 is 1.05 bits per heavy atom. The normalized spacial score (nSPS) is 13.7. The van der Waals surface area contributed by atoms with Crippen molar-refractivity contribution >= 4 is 40.4 Å². The van der Waals surface area contributed by atoms with E-state index in [1.165, 1.54) is 4.57 Å². The molecule has 0 radical (unpaired) electrons. The Hall–Kier alpha value is -3.38. The van der Waals surface area contributed by atoms with Gasteiger partial charge in [-0.25, -0.2) is 4.79 Å². The Labute approximate surface area is 218 Å². The van der Waals surface area contributed by atoms with Crippen molar-refractivity contribution in [3.05, 3.63) is 45.9 Å². The van der Waals surface area contributed by atoms with Crippen molar-refractivity contribution < 1.29 is 19.1 Å². The zero-order valence-corrected chi connectivity index (χ0v) is 21.7. The molecular formula is C25H32N6O5S. The number of H-pyrrole nitrogens is 1. The standard InChI is InChI=1S/C25H32N6O5S/c1-35-12-13-36-24-28-22(26)21-23(29-24)31(25(34)27-21)16-18-4-2-17(3-5-18)6-7-19(32)8-9-20(33)30-10-14-37-15-11-30/h2-5H,6-16H2,1H3,(H,27,34)(H2,26,28,29). The largest absolute Gasteiger partial charge is 0.461 e. The number of nitrogen functional groups attached to an aromatic ring is 1. The summed E-state index contributed by atoms with van der Waals surface area (Å²) in [5, 5.41) is 0. The van der Waals surface area contributed by atoms with Crippen molar-refractivity contribution in [1.82, 2.24) is 24.4 Å². The number of nitrogens with one attached hydrogen (secondary N) is 1. The minimum Gasteiger partial charge on any atom is -0.461 e. The summed E-state index contributed by atoms with van der Waals surface area (Å²) < 4.78 is 11.9. The molecule has 1 fully saturated rings. The van der Waals surface area contributed by atoms with E-state index in [0.29, 0.717) is 30.6 Å². The van der Waals surface area contributed by atoms with Crippen LogP contribution in [0.1, 0.15) is 30.4 Å². The van der Waals surface area contributed by atoms with Crippen LogP contribution in [0.3, 0.4) is 0 Å². The van der Waals surface area contributed by atoms with Crippen LogP contribution in [0.4, 0.5) is 5.82 Å². The predicted molar refractivity (Wildman–Crippen MR) is 142 cm³/mol. The summed E-state index contributed by atoms with van der Waals surface area (Å²) in [4.78, 5) is 50.2. The second-order valence-corrected chi connectivity index (χ2v) is 10.0. The first-order valence-electron chi connectivity index (χ1n) is 12.3. The van der Waals surface area contributed by atoms with Gasteiger partial charge in [0.25, 0.3) is 0 Å². The number of aromatic nitrogens is 4. The smallest absolute Gasteiger partial charge is 0.328 e. The number of imidazole rings is 1. The highest BCUT2D eigenvalue weighted by Crippen LogP contribution is 2.19. The molecule has 0 saturated carbocycles. The summed E-state index contributed by atoms with van der Waals surface area (Å²) >= 11 is 1.85. The molecule has 2 aromatic heterocycles. The molecule has 37 heavy (non-hydrogen) atoms. The maximum Gasteiger partial charge on any atom is 0.328 e. The van der Waals surface area contributed by atoms with Crippen molar-refractivity contribution in [2.24, 2.45) is 0 Å². The molecule has 3 heterocycles. The number of fused-ring (bicyclic) bond motifs is 1. The average molecular weight is 529 g/mol. The number of nitrogens with zero attached hydrogens (tertiary/aromatic N) is 4. The Morgan fingerprint density at radius 3 is 2.51 bits per heavy atom. The second-order valence-electron chi connectivity index (χ2n) is 8.80. The van der Waals surface area contributed by atoms with Crippen LogP contribution in [0.2, 0.25) is 0 Å². The Kier molecular flexibility index (Phi) is 9.18. The van der Waals surface area contributed by atoms with E-state index >= 15 is 0 Å². The van der Waals surface area contributed by atoms with Crippen LogP contribution >= 0.6 is 11.8 Å². The van der Waals surface area contributed by atoms with Gasteiger partial charge in [0.15, 0.2) is 11.5 Å². The summed E-state index contributed by atoms with van der Waals surface area (Å²) in [6, 6.07) is 7.81. The third kappa shape index (κ3) is 7.10. The van der Waals surface area contributed by atoms with Crippen LogP contribution < -0.4 is 16.2 Å². The SMILES string of the molecule is COCCOc1nc(N)c2[nH]c(=O)n(Cc3ccc(CCC(=O)CCC(=O)N4CCSCC4)cc3)c2n1. The topological polar surface area (TPSA) is 145 Å². The highest BCUT2D eigenvalue weighted by atomic mass is 32.2. The third-order valence-electron chi connectivity index (χ3n) is 6.19. The molecule has 1 aromatic carbocycles. The minimum absolute atomic E-state index is 0.0752. The number of carbonyl (C=O) groups is 2. The quantitative estimate of drug-likeness (QED) is 0.335. The van der Waals surface area contributed by atoms with Gasteiger partial charge in [0.1, 0.15) is 17.9 Å². The number of hydrogen-bond acceptors (Lipinski definition) is 9. The van der Waals surface area contributed by atoms with Crippen LogP contribution in [0, 0.1) is 0 Å². The maximum absolute atomic E-state index is 12.6. The lowest BCUT2D eigenvalue weighted by atomic mass is 10.0. The molecule has 1 amide bonds. The number of rotatable bonds is 12. The number of ether oxygens (including phenoxy) is 2. The number of aryl methyl sites for hydroxylation is 1. The molecule has 0 unspecified atom stereocenters. The number of nitrogens with two attached hydrogens (primary N) is 1. The number of Topliss-reactive ketones (excluding diaryl/α,β-unsaturated/α-hetero) is 1. The number of amides is 1. The number of methoxy groups -OCH3 is 1. The zero-order chi connectivity index (χ0) is 26.2. The van der Waals surface area contributed by atoms with Gasteiger partial charge in [-0.05, 0) is 17.5 Å². The number of hydrogen-bond donors (Lipinski definition) is 2. The van der Waals surface area contributed by atoms with Crippen molar-refractivity contribution in [1.29, 1.82) is 0 Å². The fourth-order valence-electron chi connectivity index (χ4n) is 4.08. The van der Waals surface area contributed by atoms with Gasteiger partial charge in [-0.3, -0.25) is 14.2 Å². The number of carbonyl (C=O) groups excluding carboxylic acids is 2. The maximum atomic E-state index is 12.6. The van der Waals surface area contributed by atoms with Gasteiger partial charge >= 0.3 is 11.7 Å². The fourth-order valence-corrected chi connectivity index (χ4v) is 4.98. The number of thioether (sulfide) groups is 1. The molecule has 0 aliphatic carbocycles. The number of benzene rings is 1. The second kappa shape index (κ2) is 12.7. The molecular weight excluding hydrogens is 496 g/mol. The molecule has 1 aliphatic rings. The van der Waals surface area contributed by atoms with Gasteiger partial charge in [0.05, 0.1) is 13.2 Å². The van der Waals surface area contributed by atoms with E-state index in [1.807, 2.05) is 40.9 Å². The minimum atomic E-state index is -0.349. The predicted octanol–water partition coefficient (Wildman–Crippen LogP) is 1.63. The van der Waals surface area contributed by atoms with Gasteiger partial charge in [-0.1, -0.05) is 24.3 Å². The first-order valence-corrected chi connectivity index (χ1v) is 13.4. The highest BCUT2D eigenvalue weighted by Gasteiger charge is 2.18. The number of aromatic amines is 1. The number of ketones is 1. The van der Waals surface area contributed by atoms with E-state index in [9.17, 15) is 14.4 Å². The lowest BCUT2D eigenvalue weighted by Crippen LogP contribution is -2.37. The van der Waals surface area contributed by atoms with E-state index in [1.54, 1.807) is 7.11 Å². The molecule has 3 aromatic rings.